The highest BCUT2D eigenvalue weighted by molar-refractivity contribution is 5.76. The fourth-order valence-corrected chi connectivity index (χ4v) is 2.83. The first kappa shape index (κ1) is 14.6. The van der Waals surface area contributed by atoms with E-state index >= 15 is 0 Å². The van der Waals surface area contributed by atoms with Crippen molar-refractivity contribution in [2.45, 2.75) is 45.2 Å². The van der Waals surface area contributed by atoms with E-state index in [4.69, 9.17) is 4.42 Å². The number of aromatic nitrogens is 1. The molecule has 1 aromatic carbocycles. The van der Waals surface area contributed by atoms with Crippen LogP contribution in [-0.4, -0.2) is 16.5 Å². The molecule has 1 heterocycles. The molecule has 0 radical (unpaired) electrons. The molecule has 0 unspecified atom stereocenters. The number of hydrogen-bond acceptors (Lipinski definition) is 3. The molecule has 0 atom stereocenters. The third kappa shape index (κ3) is 3.30. The summed E-state index contributed by atoms with van der Waals surface area (Å²) in [6, 6.07) is 7.97. The highest BCUT2D eigenvalue weighted by Gasteiger charge is 2.18. The third-order valence-corrected chi connectivity index (χ3v) is 4.08. The average Bonchev–Trinajstić information content (AvgIpc) is 3.10. The molecule has 1 saturated carbocycles. The van der Waals surface area contributed by atoms with Crippen LogP contribution >= 0.6 is 0 Å². The van der Waals surface area contributed by atoms with Crippen molar-refractivity contribution in [3.63, 3.8) is 0 Å². The summed E-state index contributed by atoms with van der Waals surface area (Å²) in [5.74, 6) is -0.152. The zero-order valence-corrected chi connectivity index (χ0v) is 12.7. The summed E-state index contributed by atoms with van der Waals surface area (Å²) in [5, 5.41) is 2.97. The first-order valence-electron chi connectivity index (χ1n) is 7.68. The van der Waals surface area contributed by atoms with Crippen molar-refractivity contribution in [2.75, 3.05) is 0 Å². The Morgan fingerprint density at radius 3 is 2.64 bits per heavy atom. The van der Waals surface area contributed by atoms with Crippen LogP contribution < -0.4 is 11.1 Å². The van der Waals surface area contributed by atoms with Gasteiger partial charge < -0.3 is 9.73 Å². The van der Waals surface area contributed by atoms with Gasteiger partial charge in [0.1, 0.15) is 6.54 Å². The second-order valence-corrected chi connectivity index (χ2v) is 5.90. The number of nitrogens with one attached hydrogen (secondary N) is 1. The number of carbonyl (C=O) groups is 1. The summed E-state index contributed by atoms with van der Waals surface area (Å²) < 4.78 is 6.56. The largest absolute Gasteiger partial charge is 0.419 e. The number of carbonyl (C=O) groups excluding carboxylic acids is 1. The molecule has 0 bridgehead atoms. The molecule has 5 heteroatoms. The van der Waals surface area contributed by atoms with Gasteiger partial charge in [-0.15, -0.1) is 0 Å². The third-order valence-electron chi connectivity index (χ3n) is 4.08. The molecule has 0 spiro atoms. The summed E-state index contributed by atoms with van der Waals surface area (Å²) in [6.45, 7) is 2.00. The molecule has 0 saturated heterocycles. The molecule has 0 aliphatic heterocycles. The molecular weight excluding hydrogens is 280 g/mol. The number of benzene rings is 1. The second kappa shape index (κ2) is 6.22. The molecule has 1 aliphatic carbocycles. The van der Waals surface area contributed by atoms with Gasteiger partial charge in [0.25, 0.3) is 0 Å². The predicted octanol–water partition coefficient (Wildman–Crippen LogP) is 2.48. The number of aryl methyl sites for hydroxylation is 1. The van der Waals surface area contributed by atoms with Crippen LogP contribution in [0, 0.1) is 6.92 Å². The van der Waals surface area contributed by atoms with Crippen LogP contribution in [0.4, 0.5) is 0 Å². The number of hydrogen-bond donors (Lipinski definition) is 1. The van der Waals surface area contributed by atoms with Crippen LogP contribution in [0.1, 0.15) is 31.2 Å². The maximum absolute atomic E-state index is 12.0. The van der Waals surface area contributed by atoms with Gasteiger partial charge in [0, 0.05) is 11.6 Å². The summed E-state index contributed by atoms with van der Waals surface area (Å²) in [5.41, 5.74) is 1.97. The van der Waals surface area contributed by atoms with E-state index in [0.717, 1.165) is 36.8 Å². The monoisotopic (exact) mass is 300 g/mol. The summed E-state index contributed by atoms with van der Waals surface area (Å²) in [7, 11) is 0. The van der Waals surface area contributed by atoms with Crippen LogP contribution in [0.2, 0.25) is 0 Å². The van der Waals surface area contributed by atoms with Gasteiger partial charge in [0.05, 0.1) is 6.20 Å². The van der Waals surface area contributed by atoms with Gasteiger partial charge in [0.2, 0.25) is 5.91 Å². The van der Waals surface area contributed by atoms with E-state index in [1.807, 2.05) is 31.2 Å². The molecule has 3 rings (SSSR count). The van der Waals surface area contributed by atoms with Crippen molar-refractivity contribution in [2.24, 2.45) is 0 Å². The molecule has 1 amide bonds. The Kier molecular flexibility index (Phi) is 4.13. The predicted molar refractivity (Wildman–Crippen MR) is 83.5 cm³/mol. The average molecular weight is 300 g/mol. The van der Waals surface area contributed by atoms with E-state index in [1.54, 1.807) is 6.20 Å². The number of rotatable bonds is 4. The lowest BCUT2D eigenvalue weighted by atomic mass is 10.1. The highest BCUT2D eigenvalue weighted by atomic mass is 16.4. The van der Waals surface area contributed by atoms with Crippen molar-refractivity contribution in [1.29, 1.82) is 0 Å². The lowest BCUT2D eigenvalue weighted by Crippen LogP contribution is -2.36. The highest BCUT2D eigenvalue weighted by Crippen LogP contribution is 2.19. The van der Waals surface area contributed by atoms with Crippen LogP contribution in [0.3, 0.4) is 0 Å². The fraction of sp³-hybridized carbons (Fsp3) is 0.412. The minimum atomic E-state index is -0.503. The second-order valence-electron chi connectivity index (χ2n) is 5.90. The van der Waals surface area contributed by atoms with E-state index in [9.17, 15) is 9.59 Å². The van der Waals surface area contributed by atoms with Crippen LogP contribution in [0.15, 0.2) is 39.7 Å². The molecule has 1 aliphatic rings. The topological polar surface area (TPSA) is 64.2 Å². The first-order chi connectivity index (χ1) is 10.6. The SMILES string of the molecule is Cc1ccc(-c2cn(CC(=O)NC3CCCC3)c(=O)o2)cc1. The van der Waals surface area contributed by atoms with E-state index in [-0.39, 0.29) is 18.5 Å². The molecule has 5 nitrogen and oxygen atoms in total. The van der Waals surface area contributed by atoms with Crippen molar-refractivity contribution < 1.29 is 9.21 Å². The molecule has 1 aromatic heterocycles. The van der Waals surface area contributed by atoms with Crippen LogP contribution in [0.5, 0.6) is 0 Å². The minimum absolute atomic E-state index is 0.00466. The Hall–Kier alpha value is -2.30. The summed E-state index contributed by atoms with van der Waals surface area (Å²) in [4.78, 5) is 23.9. The Bertz CT molecular complexity index is 706. The zero-order valence-electron chi connectivity index (χ0n) is 12.7. The molecule has 116 valence electrons. The normalized spacial score (nSPS) is 15.1. The van der Waals surface area contributed by atoms with Gasteiger partial charge in [-0.3, -0.25) is 9.36 Å². The maximum Gasteiger partial charge on any atom is 0.419 e. The van der Waals surface area contributed by atoms with Gasteiger partial charge >= 0.3 is 5.76 Å². The van der Waals surface area contributed by atoms with Gasteiger partial charge in [0.15, 0.2) is 5.76 Å². The van der Waals surface area contributed by atoms with Crippen LogP contribution in [0.25, 0.3) is 11.3 Å². The van der Waals surface area contributed by atoms with E-state index in [1.165, 1.54) is 4.57 Å². The van der Waals surface area contributed by atoms with E-state index in [2.05, 4.69) is 5.32 Å². The molecule has 2 aromatic rings. The van der Waals surface area contributed by atoms with Crippen molar-refractivity contribution in [3.8, 4) is 11.3 Å². The lowest BCUT2D eigenvalue weighted by Gasteiger charge is -2.11. The lowest BCUT2D eigenvalue weighted by molar-refractivity contribution is -0.122. The Morgan fingerprint density at radius 2 is 1.95 bits per heavy atom. The molecular formula is C17H20N2O3. The zero-order chi connectivity index (χ0) is 15.5. The molecule has 1 N–H and O–H groups in total. The Labute approximate surface area is 128 Å². The Morgan fingerprint density at radius 1 is 1.27 bits per heavy atom. The van der Waals surface area contributed by atoms with Crippen molar-refractivity contribution >= 4 is 5.91 Å². The molecule has 1 fully saturated rings. The van der Waals surface area contributed by atoms with Crippen molar-refractivity contribution in [1.82, 2.24) is 9.88 Å². The fourth-order valence-electron chi connectivity index (χ4n) is 2.83. The van der Waals surface area contributed by atoms with Gasteiger partial charge in [-0.05, 0) is 19.8 Å². The number of amides is 1. The Balaban J connectivity index is 1.70. The van der Waals surface area contributed by atoms with E-state index < -0.39 is 5.76 Å². The van der Waals surface area contributed by atoms with Crippen LogP contribution in [-0.2, 0) is 11.3 Å². The van der Waals surface area contributed by atoms with Gasteiger partial charge in [-0.1, -0.05) is 42.7 Å². The maximum atomic E-state index is 12.0. The summed E-state index contributed by atoms with van der Waals surface area (Å²) in [6.07, 6.45) is 5.98. The number of nitrogens with zero attached hydrogens (tertiary/aromatic N) is 1. The first-order valence-corrected chi connectivity index (χ1v) is 7.68. The quantitative estimate of drug-likeness (QED) is 0.943. The smallest absolute Gasteiger partial charge is 0.408 e. The standard InChI is InChI=1S/C17H20N2O3/c1-12-6-8-13(9-7-12)15-10-19(17(21)22-15)11-16(20)18-14-4-2-3-5-14/h6-10,14H,2-5,11H2,1H3,(H,18,20). The van der Waals surface area contributed by atoms with Crippen molar-refractivity contribution in [3.05, 3.63) is 46.6 Å². The van der Waals surface area contributed by atoms with E-state index in [0.29, 0.717) is 5.76 Å². The number of oxazole rings is 1. The summed E-state index contributed by atoms with van der Waals surface area (Å²) >= 11 is 0. The van der Waals surface area contributed by atoms with Gasteiger partial charge in [-0.2, -0.15) is 0 Å². The van der Waals surface area contributed by atoms with Gasteiger partial charge in [-0.25, -0.2) is 4.79 Å². The molecule has 22 heavy (non-hydrogen) atoms. The minimum Gasteiger partial charge on any atom is -0.408 e.